The topological polar surface area (TPSA) is 41.9 Å². The third-order valence-electron chi connectivity index (χ3n) is 3.30. The van der Waals surface area contributed by atoms with Crippen molar-refractivity contribution in [3.05, 3.63) is 29.8 Å². The lowest BCUT2D eigenvalue weighted by molar-refractivity contribution is -0.0699. The Morgan fingerprint density at radius 2 is 1.95 bits per heavy atom. The summed E-state index contributed by atoms with van der Waals surface area (Å²) < 4.78 is 11.5. The number of rotatable bonds is 5. The Kier molecular flexibility index (Phi) is 5.19. The molecule has 4 heteroatoms. The van der Waals surface area contributed by atoms with Crippen molar-refractivity contribution in [3.63, 3.8) is 0 Å². The van der Waals surface area contributed by atoms with Crippen LogP contribution in [-0.4, -0.2) is 48.5 Å². The zero-order valence-corrected chi connectivity index (χ0v) is 11.7. The lowest BCUT2D eigenvalue weighted by Gasteiger charge is -2.35. The van der Waals surface area contributed by atoms with Gasteiger partial charge in [0.15, 0.2) is 0 Å². The van der Waals surface area contributed by atoms with Gasteiger partial charge in [-0.2, -0.15) is 0 Å². The van der Waals surface area contributed by atoms with E-state index in [0.717, 1.165) is 30.9 Å². The molecule has 0 spiro atoms. The summed E-state index contributed by atoms with van der Waals surface area (Å²) in [6.07, 6.45) is 0.571. The number of benzene rings is 1. The van der Waals surface area contributed by atoms with Crippen molar-refractivity contribution in [2.24, 2.45) is 0 Å². The van der Waals surface area contributed by atoms with E-state index in [0.29, 0.717) is 6.61 Å². The Bertz CT molecular complexity index is 387. The van der Waals surface area contributed by atoms with Crippen molar-refractivity contribution < 1.29 is 14.6 Å². The highest BCUT2D eigenvalue weighted by Crippen LogP contribution is 2.18. The molecule has 19 heavy (non-hydrogen) atoms. The second-order valence-corrected chi connectivity index (χ2v) is 5.13. The van der Waals surface area contributed by atoms with Gasteiger partial charge in [-0.05, 0) is 19.9 Å². The number of aliphatic hydroxyl groups excluding tert-OH is 1. The van der Waals surface area contributed by atoms with Gasteiger partial charge < -0.3 is 14.6 Å². The maximum Gasteiger partial charge on any atom is 0.124 e. The normalized spacial score (nSPS) is 24.4. The second kappa shape index (κ2) is 6.89. The standard InChI is InChI=1S/C15H23NO3/c1-12-9-16(10-13(2)19-12)7-8-18-15-6-4-3-5-14(15)11-17/h3-6,12-13,17H,7-11H2,1-2H3/t12-,13-/m0/s1. The minimum atomic E-state index is 0.0157. The molecule has 1 fully saturated rings. The molecular formula is C15H23NO3. The van der Waals surface area contributed by atoms with E-state index in [1.165, 1.54) is 0 Å². The molecule has 1 aromatic carbocycles. The lowest BCUT2D eigenvalue weighted by Crippen LogP contribution is -2.46. The number of hydrogen-bond donors (Lipinski definition) is 1. The minimum absolute atomic E-state index is 0.0157. The molecule has 4 nitrogen and oxygen atoms in total. The van der Waals surface area contributed by atoms with Gasteiger partial charge in [-0.15, -0.1) is 0 Å². The van der Waals surface area contributed by atoms with Gasteiger partial charge in [0.25, 0.3) is 0 Å². The third-order valence-corrected chi connectivity index (χ3v) is 3.30. The van der Waals surface area contributed by atoms with E-state index < -0.39 is 0 Å². The molecule has 1 heterocycles. The average Bonchev–Trinajstić information content (AvgIpc) is 2.38. The van der Waals surface area contributed by atoms with Crippen molar-refractivity contribution in [2.45, 2.75) is 32.7 Å². The summed E-state index contributed by atoms with van der Waals surface area (Å²) in [5, 5.41) is 9.23. The first-order valence-corrected chi connectivity index (χ1v) is 6.88. The number of aliphatic hydroxyl groups is 1. The lowest BCUT2D eigenvalue weighted by atomic mass is 10.2. The van der Waals surface area contributed by atoms with E-state index in [9.17, 15) is 5.11 Å². The predicted octanol–water partition coefficient (Wildman–Crippen LogP) is 1.67. The van der Waals surface area contributed by atoms with Crippen LogP contribution in [0.25, 0.3) is 0 Å². The maximum atomic E-state index is 9.23. The van der Waals surface area contributed by atoms with E-state index in [1.807, 2.05) is 24.3 Å². The fraction of sp³-hybridized carbons (Fsp3) is 0.600. The fourth-order valence-electron chi connectivity index (χ4n) is 2.53. The number of para-hydroxylation sites is 1. The van der Waals surface area contributed by atoms with Crippen LogP contribution in [0.5, 0.6) is 5.75 Å². The highest BCUT2D eigenvalue weighted by atomic mass is 16.5. The van der Waals surface area contributed by atoms with Crippen LogP contribution in [0.1, 0.15) is 19.4 Å². The zero-order chi connectivity index (χ0) is 13.7. The molecule has 2 rings (SSSR count). The molecule has 1 N–H and O–H groups in total. The molecule has 2 atom stereocenters. The first-order chi connectivity index (χ1) is 9.19. The van der Waals surface area contributed by atoms with Crippen molar-refractivity contribution >= 4 is 0 Å². The second-order valence-electron chi connectivity index (χ2n) is 5.13. The number of nitrogens with zero attached hydrogens (tertiary/aromatic N) is 1. The molecule has 0 unspecified atom stereocenters. The summed E-state index contributed by atoms with van der Waals surface area (Å²) in [6, 6.07) is 7.61. The molecular weight excluding hydrogens is 242 g/mol. The van der Waals surface area contributed by atoms with Crippen molar-refractivity contribution in [2.75, 3.05) is 26.2 Å². The van der Waals surface area contributed by atoms with E-state index >= 15 is 0 Å². The van der Waals surface area contributed by atoms with Crippen LogP contribution < -0.4 is 4.74 Å². The SMILES string of the molecule is C[C@H]1CN(CCOc2ccccc2CO)C[C@H](C)O1. The molecule has 0 aliphatic carbocycles. The van der Waals surface area contributed by atoms with E-state index in [4.69, 9.17) is 9.47 Å². The number of morpholine rings is 1. The molecule has 0 saturated carbocycles. The molecule has 0 amide bonds. The van der Waals surface area contributed by atoms with Crippen LogP contribution in [0.15, 0.2) is 24.3 Å². The zero-order valence-electron chi connectivity index (χ0n) is 11.7. The van der Waals surface area contributed by atoms with Gasteiger partial charge in [0, 0.05) is 25.2 Å². The largest absolute Gasteiger partial charge is 0.492 e. The van der Waals surface area contributed by atoms with Crippen LogP contribution in [-0.2, 0) is 11.3 Å². The summed E-state index contributed by atoms with van der Waals surface area (Å²) in [5.74, 6) is 0.777. The van der Waals surface area contributed by atoms with Gasteiger partial charge in [0.2, 0.25) is 0 Å². The van der Waals surface area contributed by atoms with Crippen LogP contribution in [0, 0.1) is 0 Å². The quantitative estimate of drug-likeness (QED) is 0.879. The molecule has 1 saturated heterocycles. The van der Waals surface area contributed by atoms with E-state index in [1.54, 1.807) is 0 Å². The van der Waals surface area contributed by atoms with Gasteiger partial charge in [0.1, 0.15) is 12.4 Å². The summed E-state index contributed by atoms with van der Waals surface area (Å²) >= 11 is 0. The molecule has 1 aliphatic rings. The van der Waals surface area contributed by atoms with Gasteiger partial charge in [-0.25, -0.2) is 0 Å². The van der Waals surface area contributed by atoms with Crippen LogP contribution in [0.4, 0.5) is 0 Å². The van der Waals surface area contributed by atoms with E-state index in [-0.39, 0.29) is 18.8 Å². The summed E-state index contributed by atoms with van der Waals surface area (Å²) in [6.45, 7) is 7.65. The van der Waals surface area contributed by atoms with Crippen molar-refractivity contribution in [3.8, 4) is 5.75 Å². The van der Waals surface area contributed by atoms with Gasteiger partial charge >= 0.3 is 0 Å². The minimum Gasteiger partial charge on any atom is -0.492 e. The van der Waals surface area contributed by atoms with Gasteiger partial charge in [-0.3, -0.25) is 4.90 Å². The summed E-state index contributed by atoms with van der Waals surface area (Å²) in [5.41, 5.74) is 0.839. The highest BCUT2D eigenvalue weighted by molar-refractivity contribution is 5.32. The molecule has 0 bridgehead atoms. The number of hydrogen-bond acceptors (Lipinski definition) is 4. The maximum absolute atomic E-state index is 9.23. The van der Waals surface area contributed by atoms with Crippen LogP contribution in [0.2, 0.25) is 0 Å². The summed E-state index contributed by atoms with van der Waals surface area (Å²) in [4.78, 5) is 2.36. The Morgan fingerprint density at radius 1 is 1.26 bits per heavy atom. The molecule has 106 valence electrons. The van der Waals surface area contributed by atoms with Crippen molar-refractivity contribution in [1.29, 1.82) is 0 Å². The van der Waals surface area contributed by atoms with Gasteiger partial charge in [0.05, 0.1) is 18.8 Å². The van der Waals surface area contributed by atoms with Gasteiger partial charge in [-0.1, -0.05) is 18.2 Å². The van der Waals surface area contributed by atoms with Crippen molar-refractivity contribution in [1.82, 2.24) is 4.90 Å². The highest BCUT2D eigenvalue weighted by Gasteiger charge is 2.21. The first kappa shape index (κ1) is 14.3. The smallest absolute Gasteiger partial charge is 0.124 e. The van der Waals surface area contributed by atoms with Crippen LogP contribution >= 0.6 is 0 Å². The number of ether oxygens (including phenoxy) is 2. The Morgan fingerprint density at radius 3 is 2.63 bits per heavy atom. The third kappa shape index (κ3) is 4.20. The molecule has 0 radical (unpaired) electrons. The molecule has 0 aromatic heterocycles. The Labute approximate surface area is 114 Å². The fourth-order valence-corrected chi connectivity index (χ4v) is 2.53. The van der Waals surface area contributed by atoms with E-state index in [2.05, 4.69) is 18.7 Å². The molecule has 1 aliphatic heterocycles. The molecule has 1 aromatic rings. The predicted molar refractivity (Wildman–Crippen MR) is 74.3 cm³/mol. The average molecular weight is 265 g/mol. The van der Waals surface area contributed by atoms with Crippen LogP contribution in [0.3, 0.4) is 0 Å². The summed E-state index contributed by atoms with van der Waals surface area (Å²) in [7, 11) is 0. The Hall–Kier alpha value is -1.10. The monoisotopic (exact) mass is 265 g/mol. The first-order valence-electron chi connectivity index (χ1n) is 6.88. The Balaban J connectivity index is 1.80.